The average molecular weight is 323 g/mol. The predicted octanol–water partition coefficient (Wildman–Crippen LogP) is 5.06. The second kappa shape index (κ2) is 6.30. The Morgan fingerprint density at radius 2 is 1.94 bits per heavy atom. The standard InChI is InChI=1S/C15H15BrOS/c1-11-5-3-4-6-12(11)10-17-14-8-7-13(16)9-15(14)18-2/h3-9H,10H2,1-2H3. The predicted molar refractivity (Wildman–Crippen MR) is 81.4 cm³/mol. The maximum absolute atomic E-state index is 5.91. The van der Waals surface area contributed by atoms with E-state index in [4.69, 9.17) is 4.74 Å². The molecule has 0 spiro atoms. The van der Waals surface area contributed by atoms with E-state index in [1.807, 2.05) is 24.3 Å². The summed E-state index contributed by atoms with van der Waals surface area (Å²) in [6.45, 7) is 2.72. The van der Waals surface area contributed by atoms with Crippen LogP contribution < -0.4 is 4.74 Å². The van der Waals surface area contributed by atoms with Gasteiger partial charge in [-0.05, 0) is 42.5 Å². The van der Waals surface area contributed by atoms with E-state index in [0.717, 1.165) is 15.1 Å². The molecule has 2 aromatic rings. The number of hydrogen-bond acceptors (Lipinski definition) is 2. The van der Waals surface area contributed by atoms with Gasteiger partial charge in [-0.15, -0.1) is 11.8 Å². The van der Waals surface area contributed by atoms with Gasteiger partial charge in [0.2, 0.25) is 0 Å². The van der Waals surface area contributed by atoms with Crippen LogP contribution in [-0.4, -0.2) is 6.26 Å². The number of rotatable bonds is 4. The van der Waals surface area contributed by atoms with Gasteiger partial charge in [-0.3, -0.25) is 0 Å². The van der Waals surface area contributed by atoms with Crippen LogP contribution in [0.1, 0.15) is 11.1 Å². The summed E-state index contributed by atoms with van der Waals surface area (Å²) in [6.07, 6.45) is 2.06. The van der Waals surface area contributed by atoms with Crippen molar-refractivity contribution in [1.82, 2.24) is 0 Å². The van der Waals surface area contributed by atoms with Crippen LogP contribution in [0.15, 0.2) is 51.8 Å². The number of aryl methyl sites for hydroxylation is 1. The molecule has 0 saturated carbocycles. The Bertz CT molecular complexity index is 540. The molecule has 0 radical (unpaired) electrons. The molecule has 0 amide bonds. The second-order valence-electron chi connectivity index (χ2n) is 4.01. The Kier molecular flexibility index (Phi) is 4.72. The highest BCUT2D eigenvalue weighted by molar-refractivity contribution is 9.10. The highest BCUT2D eigenvalue weighted by Crippen LogP contribution is 2.31. The normalized spacial score (nSPS) is 10.4. The number of ether oxygens (including phenoxy) is 1. The van der Waals surface area contributed by atoms with E-state index < -0.39 is 0 Å². The Hall–Kier alpha value is -0.930. The molecule has 0 aliphatic carbocycles. The Morgan fingerprint density at radius 3 is 2.67 bits per heavy atom. The summed E-state index contributed by atoms with van der Waals surface area (Å²) in [5.74, 6) is 0.939. The number of hydrogen-bond donors (Lipinski definition) is 0. The maximum Gasteiger partial charge on any atom is 0.133 e. The van der Waals surface area contributed by atoms with Crippen molar-refractivity contribution in [2.24, 2.45) is 0 Å². The molecule has 0 aromatic heterocycles. The molecule has 0 heterocycles. The van der Waals surface area contributed by atoms with Crippen molar-refractivity contribution in [2.45, 2.75) is 18.4 Å². The minimum absolute atomic E-state index is 0.613. The molecule has 0 N–H and O–H groups in total. The molecule has 0 unspecified atom stereocenters. The molecular formula is C15H15BrOS. The monoisotopic (exact) mass is 322 g/mol. The van der Waals surface area contributed by atoms with Gasteiger partial charge in [-0.25, -0.2) is 0 Å². The second-order valence-corrected chi connectivity index (χ2v) is 5.77. The third-order valence-electron chi connectivity index (χ3n) is 2.77. The van der Waals surface area contributed by atoms with Gasteiger partial charge in [0.25, 0.3) is 0 Å². The van der Waals surface area contributed by atoms with Crippen molar-refractivity contribution in [1.29, 1.82) is 0 Å². The lowest BCUT2D eigenvalue weighted by molar-refractivity contribution is 0.298. The Morgan fingerprint density at radius 1 is 1.17 bits per heavy atom. The summed E-state index contributed by atoms with van der Waals surface area (Å²) >= 11 is 5.17. The van der Waals surface area contributed by atoms with Gasteiger partial charge in [0.05, 0.1) is 4.90 Å². The van der Waals surface area contributed by atoms with E-state index >= 15 is 0 Å². The lowest BCUT2D eigenvalue weighted by atomic mass is 10.1. The van der Waals surface area contributed by atoms with Gasteiger partial charge in [0.1, 0.15) is 12.4 Å². The SMILES string of the molecule is CSc1cc(Br)ccc1OCc1ccccc1C. The average Bonchev–Trinajstić information content (AvgIpc) is 2.39. The fraction of sp³-hybridized carbons (Fsp3) is 0.200. The first-order chi connectivity index (χ1) is 8.70. The molecule has 2 rings (SSSR count). The molecule has 0 aliphatic heterocycles. The molecule has 3 heteroatoms. The van der Waals surface area contributed by atoms with Crippen molar-refractivity contribution in [3.8, 4) is 5.75 Å². The van der Waals surface area contributed by atoms with Crippen molar-refractivity contribution in [3.63, 3.8) is 0 Å². The van der Waals surface area contributed by atoms with E-state index in [9.17, 15) is 0 Å². The number of halogens is 1. The molecule has 18 heavy (non-hydrogen) atoms. The molecular weight excluding hydrogens is 308 g/mol. The summed E-state index contributed by atoms with van der Waals surface area (Å²) in [6, 6.07) is 14.4. The summed E-state index contributed by atoms with van der Waals surface area (Å²) in [5.41, 5.74) is 2.49. The highest BCUT2D eigenvalue weighted by atomic mass is 79.9. The van der Waals surface area contributed by atoms with E-state index in [1.165, 1.54) is 11.1 Å². The topological polar surface area (TPSA) is 9.23 Å². The summed E-state index contributed by atoms with van der Waals surface area (Å²) in [4.78, 5) is 1.15. The van der Waals surface area contributed by atoms with Crippen LogP contribution in [0.25, 0.3) is 0 Å². The maximum atomic E-state index is 5.91. The summed E-state index contributed by atoms with van der Waals surface area (Å²) in [5, 5.41) is 0. The van der Waals surface area contributed by atoms with Gasteiger partial charge >= 0.3 is 0 Å². The van der Waals surface area contributed by atoms with Crippen LogP contribution in [0.2, 0.25) is 0 Å². The van der Waals surface area contributed by atoms with Gasteiger partial charge in [-0.1, -0.05) is 40.2 Å². The molecule has 2 aromatic carbocycles. The first kappa shape index (κ1) is 13.5. The minimum atomic E-state index is 0.613. The van der Waals surface area contributed by atoms with Gasteiger partial charge in [-0.2, -0.15) is 0 Å². The molecule has 94 valence electrons. The highest BCUT2D eigenvalue weighted by Gasteiger charge is 2.05. The van der Waals surface area contributed by atoms with Crippen LogP contribution in [0, 0.1) is 6.92 Å². The van der Waals surface area contributed by atoms with Gasteiger partial charge < -0.3 is 4.74 Å². The van der Waals surface area contributed by atoms with E-state index in [0.29, 0.717) is 6.61 Å². The van der Waals surface area contributed by atoms with Crippen LogP contribution in [0.4, 0.5) is 0 Å². The van der Waals surface area contributed by atoms with Crippen LogP contribution >= 0.6 is 27.7 Å². The van der Waals surface area contributed by atoms with Gasteiger partial charge in [0, 0.05) is 4.47 Å². The molecule has 0 fully saturated rings. The van der Waals surface area contributed by atoms with Crippen molar-refractivity contribution in [3.05, 3.63) is 58.1 Å². The summed E-state index contributed by atoms with van der Waals surface area (Å²) in [7, 11) is 0. The van der Waals surface area contributed by atoms with Crippen LogP contribution in [-0.2, 0) is 6.61 Å². The lowest BCUT2D eigenvalue weighted by Crippen LogP contribution is -1.98. The zero-order valence-corrected chi connectivity index (χ0v) is 12.8. The largest absolute Gasteiger partial charge is 0.488 e. The Labute approximate surface area is 121 Å². The van der Waals surface area contributed by atoms with Gasteiger partial charge in [0.15, 0.2) is 0 Å². The zero-order chi connectivity index (χ0) is 13.0. The number of benzene rings is 2. The van der Waals surface area contributed by atoms with Crippen molar-refractivity contribution in [2.75, 3.05) is 6.26 Å². The first-order valence-corrected chi connectivity index (χ1v) is 7.73. The van der Waals surface area contributed by atoms with E-state index in [-0.39, 0.29) is 0 Å². The third kappa shape index (κ3) is 3.30. The van der Waals surface area contributed by atoms with E-state index in [1.54, 1.807) is 11.8 Å². The Balaban J connectivity index is 2.13. The first-order valence-electron chi connectivity index (χ1n) is 5.71. The lowest BCUT2D eigenvalue weighted by Gasteiger charge is -2.11. The third-order valence-corrected chi connectivity index (χ3v) is 4.02. The van der Waals surface area contributed by atoms with Crippen LogP contribution in [0.5, 0.6) is 5.75 Å². The fourth-order valence-electron chi connectivity index (χ4n) is 1.69. The van der Waals surface area contributed by atoms with Crippen LogP contribution in [0.3, 0.4) is 0 Å². The summed E-state index contributed by atoms with van der Waals surface area (Å²) < 4.78 is 6.99. The zero-order valence-electron chi connectivity index (χ0n) is 10.4. The quantitative estimate of drug-likeness (QED) is 0.728. The molecule has 0 atom stereocenters. The van der Waals surface area contributed by atoms with Crippen molar-refractivity contribution >= 4 is 27.7 Å². The molecule has 0 bridgehead atoms. The fourth-order valence-corrected chi connectivity index (χ4v) is 2.77. The van der Waals surface area contributed by atoms with Crippen molar-refractivity contribution < 1.29 is 4.74 Å². The van der Waals surface area contributed by atoms with E-state index in [2.05, 4.69) is 47.3 Å². The molecule has 0 saturated heterocycles. The molecule has 1 nitrogen and oxygen atoms in total. The molecule has 0 aliphatic rings. The number of thioether (sulfide) groups is 1. The smallest absolute Gasteiger partial charge is 0.133 e. The minimum Gasteiger partial charge on any atom is -0.488 e.